The van der Waals surface area contributed by atoms with Gasteiger partial charge in [-0.15, -0.1) is 0 Å². The molecule has 1 saturated heterocycles. The van der Waals surface area contributed by atoms with E-state index in [9.17, 15) is 4.79 Å². The highest BCUT2D eigenvalue weighted by molar-refractivity contribution is 5.78. The molecule has 2 heterocycles. The minimum absolute atomic E-state index is 0.227. The third-order valence-corrected chi connectivity index (χ3v) is 4.26. The zero-order valence-electron chi connectivity index (χ0n) is 16.4. The predicted molar refractivity (Wildman–Crippen MR) is 103 cm³/mol. The van der Waals surface area contributed by atoms with Crippen molar-refractivity contribution in [2.75, 3.05) is 6.61 Å². The molecule has 144 valence electrons. The van der Waals surface area contributed by atoms with E-state index >= 15 is 0 Å². The number of aryl methyl sites for hydroxylation is 1. The Balaban J connectivity index is 1.46. The third kappa shape index (κ3) is 5.54. The Morgan fingerprint density at radius 1 is 1.15 bits per heavy atom. The lowest BCUT2D eigenvalue weighted by molar-refractivity contribution is -0.156. The number of rotatable bonds is 7. The van der Waals surface area contributed by atoms with Gasteiger partial charge in [0.15, 0.2) is 6.10 Å². The number of epoxide rings is 1. The Kier molecular flexibility index (Phi) is 5.80. The highest BCUT2D eigenvalue weighted by Crippen LogP contribution is 2.40. The number of carbonyl (C=O) groups is 1. The van der Waals surface area contributed by atoms with Gasteiger partial charge >= 0.3 is 5.97 Å². The largest absolute Gasteiger partial charge is 0.493 e. The molecule has 2 atom stereocenters. The van der Waals surface area contributed by atoms with Crippen molar-refractivity contribution in [3.63, 3.8) is 0 Å². The number of aromatic nitrogens is 1. The summed E-state index contributed by atoms with van der Waals surface area (Å²) in [5.74, 6) is 0.479. The van der Waals surface area contributed by atoms with Gasteiger partial charge in [-0.05, 0) is 56.5 Å². The van der Waals surface area contributed by atoms with Crippen LogP contribution in [0.5, 0.6) is 5.75 Å². The van der Waals surface area contributed by atoms with Crippen molar-refractivity contribution in [2.24, 2.45) is 0 Å². The summed E-state index contributed by atoms with van der Waals surface area (Å²) in [6.07, 6.45) is 2.94. The van der Waals surface area contributed by atoms with Crippen molar-refractivity contribution in [2.45, 2.75) is 58.3 Å². The average Bonchev–Trinajstić information content (AvgIpc) is 3.42. The maximum absolute atomic E-state index is 12.0. The standard InChI is InChI=1S/C22H27NO4/c1-5-15-6-9-17(23-14-15)12-13-25-18-10-7-16(8-11-18)19-20(26-19)21(24)27-22(2,3)4/h6-11,14,19-20H,5,12-13H2,1-4H3. The van der Waals surface area contributed by atoms with E-state index in [0.717, 1.165) is 29.8 Å². The quantitative estimate of drug-likeness (QED) is 0.544. The van der Waals surface area contributed by atoms with Gasteiger partial charge in [-0.3, -0.25) is 4.98 Å². The summed E-state index contributed by atoms with van der Waals surface area (Å²) >= 11 is 0. The number of carbonyl (C=O) groups excluding carboxylic acids is 1. The number of nitrogens with zero attached hydrogens (tertiary/aromatic N) is 1. The Hall–Kier alpha value is -2.40. The molecule has 0 saturated carbocycles. The molecule has 2 aromatic rings. The summed E-state index contributed by atoms with van der Waals surface area (Å²) < 4.78 is 16.6. The van der Waals surface area contributed by atoms with Crippen LogP contribution in [-0.4, -0.2) is 29.3 Å². The number of hydrogen-bond acceptors (Lipinski definition) is 5. The lowest BCUT2D eigenvalue weighted by atomic mass is 10.1. The molecule has 5 heteroatoms. The monoisotopic (exact) mass is 369 g/mol. The zero-order valence-corrected chi connectivity index (χ0v) is 16.4. The van der Waals surface area contributed by atoms with Crippen molar-refractivity contribution >= 4 is 5.97 Å². The molecule has 0 spiro atoms. The number of ether oxygens (including phenoxy) is 3. The van der Waals surface area contributed by atoms with Gasteiger partial charge in [-0.25, -0.2) is 4.79 Å². The first kappa shape index (κ1) is 19.4. The molecule has 5 nitrogen and oxygen atoms in total. The van der Waals surface area contributed by atoms with Crippen molar-refractivity contribution in [1.29, 1.82) is 0 Å². The van der Waals surface area contributed by atoms with Gasteiger partial charge in [0.25, 0.3) is 0 Å². The molecule has 1 aliphatic heterocycles. The van der Waals surface area contributed by atoms with Crippen LogP contribution in [0.1, 0.15) is 50.6 Å². The van der Waals surface area contributed by atoms with Crippen LogP contribution in [0.15, 0.2) is 42.6 Å². The molecule has 1 aromatic heterocycles. The predicted octanol–water partition coefficient (Wildman–Crippen LogP) is 4.05. The molecule has 3 rings (SSSR count). The minimum atomic E-state index is -0.506. The second-order valence-corrected chi connectivity index (χ2v) is 7.69. The van der Waals surface area contributed by atoms with Crippen LogP contribution in [0.25, 0.3) is 0 Å². The molecule has 1 fully saturated rings. The smallest absolute Gasteiger partial charge is 0.338 e. The Morgan fingerprint density at radius 2 is 1.89 bits per heavy atom. The van der Waals surface area contributed by atoms with Crippen molar-refractivity contribution in [3.8, 4) is 5.75 Å². The van der Waals surface area contributed by atoms with E-state index in [-0.39, 0.29) is 12.1 Å². The maximum Gasteiger partial charge on any atom is 0.338 e. The van der Waals surface area contributed by atoms with Gasteiger partial charge in [0.05, 0.1) is 6.61 Å². The molecule has 0 N–H and O–H groups in total. The minimum Gasteiger partial charge on any atom is -0.493 e. The Morgan fingerprint density at radius 3 is 2.48 bits per heavy atom. The van der Waals surface area contributed by atoms with Crippen LogP contribution in [0.2, 0.25) is 0 Å². The molecule has 0 radical (unpaired) electrons. The molecule has 1 aliphatic rings. The van der Waals surface area contributed by atoms with Crippen LogP contribution in [0.3, 0.4) is 0 Å². The van der Waals surface area contributed by atoms with Gasteiger partial charge in [0.2, 0.25) is 0 Å². The van der Waals surface area contributed by atoms with Gasteiger partial charge in [0, 0.05) is 18.3 Å². The molecular formula is C22H27NO4. The SMILES string of the molecule is CCc1ccc(CCOc2ccc(C3OC3C(=O)OC(C)(C)C)cc2)nc1. The fourth-order valence-corrected chi connectivity index (χ4v) is 2.74. The molecule has 0 aliphatic carbocycles. The highest BCUT2D eigenvalue weighted by atomic mass is 16.6. The van der Waals surface area contributed by atoms with Crippen molar-refractivity contribution in [1.82, 2.24) is 4.98 Å². The van der Waals surface area contributed by atoms with Crippen molar-refractivity contribution in [3.05, 3.63) is 59.4 Å². The van der Waals surface area contributed by atoms with Crippen molar-refractivity contribution < 1.29 is 19.0 Å². The molecule has 0 amide bonds. The number of pyridine rings is 1. The average molecular weight is 369 g/mol. The van der Waals surface area contributed by atoms with E-state index in [1.807, 2.05) is 57.3 Å². The third-order valence-electron chi connectivity index (χ3n) is 4.26. The van der Waals surface area contributed by atoms with Crippen LogP contribution in [0, 0.1) is 0 Å². The number of benzene rings is 1. The van der Waals surface area contributed by atoms with Crippen LogP contribution in [-0.2, 0) is 27.1 Å². The fraction of sp³-hybridized carbons (Fsp3) is 0.455. The van der Waals surface area contributed by atoms with E-state index in [1.54, 1.807) is 0 Å². The fourth-order valence-electron chi connectivity index (χ4n) is 2.74. The van der Waals surface area contributed by atoms with Crippen LogP contribution >= 0.6 is 0 Å². The maximum atomic E-state index is 12.0. The van der Waals surface area contributed by atoms with Gasteiger partial charge in [-0.1, -0.05) is 25.1 Å². The molecular weight excluding hydrogens is 342 g/mol. The summed E-state index contributed by atoms with van der Waals surface area (Å²) in [5.41, 5.74) is 2.71. The van der Waals surface area contributed by atoms with Gasteiger partial charge in [-0.2, -0.15) is 0 Å². The van der Waals surface area contributed by atoms with E-state index < -0.39 is 11.7 Å². The van der Waals surface area contributed by atoms with Crippen LogP contribution in [0.4, 0.5) is 0 Å². The lowest BCUT2D eigenvalue weighted by Crippen LogP contribution is -2.26. The number of hydrogen-bond donors (Lipinski definition) is 0. The normalized spacial score (nSPS) is 18.8. The van der Waals surface area contributed by atoms with E-state index in [2.05, 4.69) is 18.0 Å². The van der Waals surface area contributed by atoms with Gasteiger partial charge in [0.1, 0.15) is 17.5 Å². The summed E-state index contributed by atoms with van der Waals surface area (Å²) in [5, 5.41) is 0. The molecule has 0 bridgehead atoms. The first-order valence-electron chi connectivity index (χ1n) is 9.40. The Labute approximate surface area is 160 Å². The van der Waals surface area contributed by atoms with E-state index in [1.165, 1.54) is 5.56 Å². The highest BCUT2D eigenvalue weighted by Gasteiger charge is 2.48. The molecule has 1 aromatic carbocycles. The second-order valence-electron chi connectivity index (χ2n) is 7.69. The first-order chi connectivity index (χ1) is 12.9. The topological polar surface area (TPSA) is 61.0 Å². The summed E-state index contributed by atoms with van der Waals surface area (Å²) in [6.45, 7) is 8.23. The zero-order chi connectivity index (χ0) is 19.4. The Bertz CT molecular complexity index is 762. The van der Waals surface area contributed by atoms with E-state index in [4.69, 9.17) is 14.2 Å². The summed E-state index contributed by atoms with van der Waals surface area (Å²) in [7, 11) is 0. The lowest BCUT2D eigenvalue weighted by Gasteiger charge is -2.18. The van der Waals surface area contributed by atoms with E-state index in [0.29, 0.717) is 6.61 Å². The first-order valence-corrected chi connectivity index (χ1v) is 9.40. The summed E-state index contributed by atoms with van der Waals surface area (Å²) in [4.78, 5) is 16.4. The number of esters is 1. The second kappa shape index (κ2) is 8.09. The summed E-state index contributed by atoms with van der Waals surface area (Å²) in [6, 6.07) is 11.8. The van der Waals surface area contributed by atoms with Gasteiger partial charge < -0.3 is 14.2 Å². The molecule has 2 unspecified atom stereocenters. The molecule has 27 heavy (non-hydrogen) atoms. The van der Waals surface area contributed by atoms with Crippen LogP contribution < -0.4 is 4.74 Å².